The van der Waals surface area contributed by atoms with E-state index in [4.69, 9.17) is 9.47 Å². The summed E-state index contributed by atoms with van der Waals surface area (Å²) in [5.74, 6) is -1.36. The molecule has 0 spiro atoms. The molecule has 0 unspecified atom stereocenters. The predicted molar refractivity (Wildman–Crippen MR) is 93.0 cm³/mol. The van der Waals surface area contributed by atoms with E-state index in [1.165, 1.54) is 21.0 Å². The van der Waals surface area contributed by atoms with Crippen molar-refractivity contribution in [3.05, 3.63) is 18.2 Å². The minimum atomic E-state index is -0.786. The van der Waals surface area contributed by atoms with E-state index in [1.807, 2.05) is 0 Å². The number of hydrogen-bond acceptors (Lipinski definition) is 8. The summed E-state index contributed by atoms with van der Waals surface area (Å²) < 4.78 is 14.5. The van der Waals surface area contributed by atoms with Gasteiger partial charge in [0.05, 0.1) is 19.2 Å². The third-order valence-corrected chi connectivity index (χ3v) is 2.95. The fourth-order valence-corrected chi connectivity index (χ4v) is 1.86. The van der Waals surface area contributed by atoms with Gasteiger partial charge in [-0.2, -0.15) is 0 Å². The largest absolute Gasteiger partial charge is 0.495 e. The topological polar surface area (TPSA) is 120 Å². The van der Waals surface area contributed by atoms with E-state index in [1.54, 1.807) is 18.2 Å². The van der Waals surface area contributed by atoms with Crippen LogP contribution in [0.2, 0.25) is 0 Å². The number of ketones is 1. The Morgan fingerprint density at radius 3 is 2.31 bits per heavy atom. The first kappa shape index (κ1) is 20.9. The van der Waals surface area contributed by atoms with Gasteiger partial charge in [-0.1, -0.05) is 0 Å². The van der Waals surface area contributed by atoms with Crippen molar-refractivity contribution in [2.75, 3.05) is 37.5 Å². The van der Waals surface area contributed by atoms with Crippen LogP contribution in [-0.4, -0.2) is 50.5 Å². The van der Waals surface area contributed by atoms with Crippen LogP contribution in [0.4, 0.5) is 11.4 Å². The molecule has 0 aliphatic carbocycles. The molecule has 0 aliphatic heterocycles. The molecule has 0 bridgehead atoms. The average Bonchev–Trinajstić information content (AvgIpc) is 2.58. The Hall–Kier alpha value is -3.10. The number of ether oxygens (including phenoxy) is 3. The third-order valence-electron chi connectivity index (χ3n) is 2.95. The number of esters is 2. The van der Waals surface area contributed by atoms with Gasteiger partial charge in [-0.15, -0.1) is 0 Å². The first-order chi connectivity index (χ1) is 12.3. The van der Waals surface area contributed by atoms with Gasteiger partial charge in [-0.3, -0.25) is 14.4 Å². The second-order valence-corrected chi connectivity index (χ2v) is 5.30. The zero-order valence-electron chi connectivity index (χ0n) is 14.9. The molecule has 1 amide bonds. The number of anilines is 2. The van der Waals surface area contributed by atoms with Crippen molar-refractivity contribution in [2.45, 2.75) is 20.3 Å². The van der Waals surface area contributed by atoms with Crippen LogP contribution in [0.1, 0.15) is 20.3 Å². The molecular formula is C17H22N2O7. The molecule has 0 saturated heterocycles. The van der Waals surface area contributed by atoms with Crippen molar-refractivity contribution in [1.82, 2.24) is 0 Å². The summed E-state index contributed by atoms with van der Waals surface area (Å²) in [5.41, 5.74) is 1.17. The first-order valence-electron chi connectivity index (χ1n) is 7.82. The highest BCUT2D eigenvalue weighted by Gasteiger charge is 2.10. The zero-order valence-corrected chi connectivity index (χ0v) is 14.9. The van der Waals surface area contributed by atoms with Crippen molar-refractivity contribution < 1.29 is 33.4 Å². The molecule has 0 saturated carbocycles. The number of Topliss-reactive ketones (excluding diaryl/α,β-unsaturated/α-hetero) is 1. The number of carbonyl (C=O) groups excluding carboxylic acids is 4. The maximum absolute atomic E-state index is 11.6. The minimum absolute atomic E-state index is 0.00644. The molecule has 2 N–H and O–H groups in total. The number of benzene rings is 1. The van der Waals surface area contributed by atoms with Crippen molar-refractivity contribution in [2.24, 2.45) is 0 Å². The summed E-state index contributed by atoms with van der Waals surface area (Å²) in [5, 5.41) is 5.65. The van der Waals surface area contributed by atoms with Gasteiger partial charge in [-0.05, 0) is 25.1 Å². The van der Waals surface area contributed by atoms with Gasteiger partial charge in [0.25, 0.3) is 0 Å². The lowest BCUT2D eigenvalue weighted by molar-refractivity contribution is -0.159. The lowest BCUT2D eigenvalue weighted by Gasteiger charge is -2.13. The van der Waals surface area contributed by atoms with Gasteiger partial charge >= 0.3 is 11.9 Å². The fraction of sp³-hybridized carbons (Fsp3) is 0.412. The van der Waals surface area contributed by atoms with Crippen LogP contribution in [0.25, 0.3) is 0 Å². The summed E-state index contributed by atoms with van der Waals surface area (Å²) in [6, 6.07) is 5.04. The monoisotopic (exact) mass is 366 g/mol. The van der Waals surface area contributed by atoms with E-state index >= 15 is 0 Å². The zero-order chi connectivity index (χ0) is 19.5. The van der Waals surface area contributed by atoms with E-state index in [0.29, 0.717) is 17.1 Å². The lowest BCUT2D eigenvalue weighted by Crippen LogP contribution is -2.20. The number of methoxy groups -OCH3 is 1. The fourth-order valence-electron chi connectivity index (χ4n) is 1.86. The first-order valence-corrected chi connectivity index (χ1v) is 7.82. The van der Waals surface area contributed by atoms with Gasteiger partial charge < -0.3 is 24.8 Å². The van der Waals surface area contributed by atoms with Crippen LogP contribution < -0.4 is 15.4 Å². The normalized spacial score (nSPS) is 9.81. The molecule has 9 nitrogen and oxygen atoms in total. The smallest absolute Gasteiger partial charge is 0.344 e. The van der Waals surface area contributed by atoms with E-state index in [0.717, 1.165) is 0 Å². The maximum atomic E-state index is 11.6. The SMILES string of the molecule is COc1ccc(NC(C)=O)cc1NCCC(=O)OCC(=O)OCC(C)=O. The Bertz CT molecular complexity index is 673. The molecule has 9 heteroatoms. The quantitative estimate of drug-likeness (QED) is 0.591. The summed E-state index contributed by atoms with van der Waals surface area (Å²) >= 11 is 0. The van der Waals surface area contributed by atoms with Crippen LogP contribution in [0, 0.1) is 0 Å². The Balaban J connectivity index is 2.44. The molecule has 0 atom stereocenters. The van der Waals surface area contributed by atoms with Crippen LogP contribution in [-0.2, 0) is 28.7 Å². The summed E-state index contributed by atoms with van der Waals surface area (Å²) in [7, 11) is 1.50. The summed E-state index contributed by atoms with van der Waals surface area (Å²) in [4.78, 5) is 44.6. The molecule has 1 aromatic rings. The Kier molecular flexibility index (Phi) is 8.62. The number of carbonyl (C=O) groups is 4. The van der Waals surface area contributed by atoms with Gasteiger partial charge in [-0.25, -0.2) is 4.79 Å². The molecular weight excluding hydrogens is 344 g/mol. The third kappa shape index (κ3) is 8.13. The predicted octanol–water partition coefficient (Wildman–Crippen LogP) is 1.13. The molecule has 0 fully saturated rings. The van der Waals surface area contributed by atoms with Crippen molar-refractivity contribution in [3.8, 4) is 5.75 Å². The van der Waals surface area contributed by atoms with E-state index in [-0.39, 0.29) is 31.3 Å². The van der Waals surface area contributed by atoms with E-state index in [2.05, 4.69) is 15.4 Å². The van der Waals surface area contributed by atoms with Gasteiger partial charge in [0, 0.05) is 19.2 Å². The van der Waals surface area contributed by atoms with Gasteiger partial charge in [0.2, 0.25) is 5.91 Å². The average molecular weight is 366 g/mol. The highest BCUT2D eigenvalue weighted by atomic mass is 16.6. The summed E-state index contributed by atoms with van der Waals surface area (Å²) in [6.07, 6.45) is -0.00644. The highest BCUT2D eigenvalue weighted by Crippen LogP contribution is 2.27. The molecule has 142 valence electrons. The highest BCUT2D eigenvalue weighted by molar-refractivity contribution is 5.89. The maximum Gasteiger partial charge on any atom is 0.344 e. The molecule has 26 heavy (non-hydrogen) atoms. The number of hydrogen-bond donors (Lipinski definition) is 2. The van der Waals surface area contributed by atoms with E-state index in [9.17, 15) is 19.2 Å². The number of amides is 1. The molecule has 1 rings (SSSR count). The van der Waals surface area contributed by atoms with Gasteiger partial charge in [0.15, 0.2) is 12.4 Å². The molecule has 0 aliphatic rings. The number of nitrogens with one attached hydrogen (secondary N) is 2. The minimum Gasteiger partial charge on any atom is -0.495 e. The second kappa shape index (κ2) is 10.7. The van der Waals surface area contributed by atoms with E-state index < -0.39 is 18.5 Å². The second-order valence-electron chi connectivity index (χ2n) is 5.30. The van der Waals surface area contributed by atoms with Crippen LogP contribution in [0.15, 0.2) is 18.2 Å². The van der Waals surface area contributed by atoms with Crippen molar-refractivity contribution in [3.63, 3.8) is 0 Å². The summed E-state index contributed by atoms with van der Waals surface area (Å²) in [6.45, 7) is 2.01. The number of rotatable bonds is 10. The van der Waals surface area contributed by atoms with Crippen molar-refractivity contribution >= 4 is 35.0 Å². The lowest BCUT2D eigenvalue weighted by atomic mass is 10.2. The van der Waals surface area contributed by atoms with Crippen molar-refractivity contribution in [1.29, 1.82) is 0 Å². The standard InChI is InChI=1S/C17H22N2O7/c1-11(20)9-25-17(23)10-26-16(22)6-7-18-14-8-13(19-12(2)21)4-5-15(14)24-3/h4-5,8,18H,6-7,9-10H2,1-3H3,(H,19,21). The van der Waals surface area contributed by atoms with Crippen LogP contribution >= 0.6 is 0 Å². The Morgan fingerprint density at radius 2 is 1.69 bits per heavy atom. The van der Waals surface area contributed by atoms with Gasteiger partial charge in [0.1, 0.15) is 12.4 Å². The molecule has 0 aromatic heterocycles. The van der Waals surface area contributed by atoms with Crippen LogP contribution in [0.3, 0.4) is 0 Å². The molecule has 1 aromatic carbocycles. The Morgan fingerprint density at radius 1 is 1.00 bits per heavy atom. The Labute approximate surface area is 151 Å². The molecule has 0 heterocycles. The molecule has 0 radical (unpaired) electrons. The van der Waals surface area contributed by atoms with Crippen LogP contribution in [0.5, 0.6) is 5.75 Å².